The third-order valence-corrected chi connectivity index (χ3v) is 5.13. The quantitative estimate of drug-likeness (QED) is 0.481. The van der Waals surface area contributed by atoms with Crippen LogP contribution in [-0.4, -0.2) is 45.7 Å². The van der Waals surface area contributed by atoms with Crippen molar-refractivity contribution in [2.24, 2.45) is 0 Å². The van der Waals surface area contributed by atoms with E-state index >= 15 is 0 Å². The highest BCUT2D eigenvalue weighted by atomic mass is 19.1. The number of nitrogens with two attached hydrogens (primary N) is 1. The van der Waals surface area contributed by atoms with Crippen molar-refractivity contribution in [3.8, 4) is 5.95 Å². The predicted molar refractivity (Wildman–Crippen MR) is 116 cm³/mol. The molecular formula is C21H21FN8. The molecule has 0 amide bonds. The Kier molecular flexibility index (Phi) is 4.64. The van der Waals surface area contributed by atoms with Gasteiger partial charge in [-0.05, 0) is 36.4 Å². The fourth-order valence-electron chi connectivity index (χ4n) is 3.62. The molecule has 1 aliphatic rings. The van der Waals surface area contributed by atoms with E-state index in [1.54, 1.807) is 4.57 Å². The van der Waals surface area contributed by atoms with Gasteiger partial charge in [0.15, 0.2) is 11.6 Å². The van der Waals surface area contributed by atoms with Crippen molar-refractivity contribution >= 4 is 34.2 Å². The molecule has 0 spiro atoms. The zero-order chi connectivity index (χ0) is 20.5. The van der Waals surface area contributed by atoms with Crippen molar-refractivity contribution in [2.75, 3.05) is 42.1 Å². The maximum Gasteiger partial charge on any atom is 0.239 e. The second kappa shape index (κ2) is 7.60. The number of halogens is 1. The number of para-hydroxylation sites is 2. The lowest BCUT2D eigenvalue weighted by Gasteiger charge is -2.29. The molecule has 0 aliphatic carbocycles. The fraction of sp³-hybridized carbons (Fsp3) is 0.190. The summed E-state index contributed by atoms with van der Waals surface area (Å²) in [5.41, 5.74) is 9.42. The van der Waals surface area contributed by atoms with Gasteiger partial charge in [0.25, 0.3) is 0 Å². The van der Waals surface area contributed by atoms with Crippen LogP contribution in [0.1, 0.15) is 0 Å². The van der Waals surface area contributed by atoms with Crippen LogP contribution in [0.3, 0.4) is 0 Å². The summed E-state index contributed by atoms with van der Waals surface area (Å²) >= 11 is 0. The molecule has 2 aromatic carbocycles. The third kappa shape index (κ3) is 3.39. The van der Waals surface area contributed by atoms with Crippen LogP contribution in [0, 0.1) is 5.82 Å². The molecule has 1 aliphatic heterocycles. The Morgan fingerprint density at radius 2 is 1.77 bits per heavy atom. The highest BCUT2D eigenvalue weighted by Gasteiger charge is 2.15. The summed E-state index contributed by atoms with van der Waals surface area (Å²) in [7, 11) is 0. The molecule has 8 nitrogen and oxygen atoms in total. The number of anilines is 4. The number of fused-ring (bicyclic) bond motifs is 1. The lowest BCUT2D eigenvalue weighted by atomic mass is 10.2. The second-order valence-corrected chi connectivity index (χ2v) is 7.07. The Hall–Kier alpha value is -3.72. The van der Waals surface area contributed by atoms with E-state index in [0.29, 0.717) is 0 Å². The Labute approximate surface area is 172 Å². The number of piperazine rings is 1. The van der Waals surface area contributed by atoms with E-state index in [1.807, 2.05) is 48.5 Å². The summed E-state index contributed by atoms with van der Waals surface area (Å²) < 4.78 is 16.0. The smallest absolute Gasteiger partial charge is 0.239 e. The molecule has 152 valence electrons. The van der Waals surface area contributed by atoms with Crippen molar-refractivity contribution in [3.05, 3.63) is 60.5 Å². The maximum atomic E-state index is 14.4. The minimum atomic E-state index is -0.548. The fourth-order valence-corrected chi connectivity index (χ4v) is 3.62. The van der Waals surface area contributed by atoms with Gasteiger partial charge in [0.2, 0.25) is 11.9 Å². The monoisotopic (exact) mass is 404 g/mol. The Morgan fingerprint density at radius 1 is 1.00 bits per heavy atom. The molecule has 0 saturated carbocycles. The van der Waals surface area contributed by atoms with Gasteiger partial charge in [-0.3, -0.25) is 0 Å². The minimum Gasteiger partial charge on any atom is -0.369 e. The van der Waals surface area contributed by atoms with E-state index in [9.17, 15) is 4.39 Å². The number of nitrogens with zero attached hydrogens (tertiary/aromatic N) is 5. The highest BCUT2D eigenvalue weighted by Crippen LogP contribution is 2.25. The normalized spacial score (nSPS) is 14.2. The number of aromatic nitrogens is 4. The van der Waals surface area contributed by atoms with Crippen LogP contribution in [-0.2, 0) is 0 Å². The van der Waals surface area contributed by atoms with Gasteiger partial charge < -0.3 is 21.3 Å². The summed E-state index contributed by atoms with van der Waals surface area (Å²) in [4.78, 5) is 15.1. The molecule has 3 heterocycles. The molecule has 30 heavy (non-hydrogen) atoms. The van der Waals surface area contributed by atoms with Gasteiger partial charge >= 0.3 is 0 Å². The van der Waals surface area contributed by atoms with E-state index in [2.05, 4.69) is 30.5 Å². The molecule has 4 N–H and O–H groups in total. The number of rotatable bonds is 4. The third-order valence-electron chi connectivity index (χ3n) is 5.13. The molecule has 1 saturated heterocycles. The average molecular weight is 404 g/mol. The van der Waals surface area contributed by atoms with Crippen molar-refractivity contribution in [3.63, 3.8) is 0 Å². The Morgan fingerprint density at radius 3 is 2.57 bits per heavy atom. The summed E-state index contributed by atoms with van der Waals surface area (Å²) in [5.74, 6) is 0.0247. The Bertz CT molecular complexity index is 1180. The van der Waals surface area contributed by atoms with Gasteiger partial charge in [0, 0.05) is 37.6 Å². The first-order valence-electron chi connectivity index (χ1n) is 9.78. The molecule has 2 aromatic heterocycles. The van der Waals surface area contributed by atoms with Gasteiger partial charge in [-0.25, -0.2) is 18.9 Å². The van der Waals surface area contributed by atoms with Crippen LogP contribution in [0.25, 0.3) is 17.0 Å². The maximum absolute atomic E-state index is 14.4. The van der Waals surface area contributed by atoms with Gasteiger partial charge in [-0.15, -0.1) is 0 Å². The number of imidazole rings is 1. The number of benzene rings is 2. The number of nitrogens with one attached hydrogen (secondary N) is 2. The first-order valence-corrected chi connectivity index (χ1v) is 9.78. The van der Waals surface area contributed by atoms with Gasteiger partial charge in [-0.2, -0.15) is 4.98 Å². The largest absolute Gasteiger partial charge is 0.369 e. The molecule has 0 atom stereocenters. The van der Waals surface area contributed by atoms with Crippen LogP contribution in [0.15, 0.2) is 54.7 Å². The predicted octanol–water partition coefficient (Wildman–Crippen LogP) is 2.69. The summed E-state index contributed by atoms with van der Waals surface area (Å²) in [6.45, 7) is 3.88. The van der Waals surface area contributed by atoms with Crippen LogP contribution in [0.5, 0.6) is 0 Å². The minimum absolute atomic E-state index is 0.0760. The molecule has 5 rings (SSSR count). The van der Waals surface area contributed by atoms with Gasteiger partial charge in [0.05, 0.1) is 17.2 Å². The van der Waals surface area contributed by atoms with Crippen LogP contribution in [0.4, 0.5) is 27.5 Å². The van der Waals surface area contributed by atoms with E-state index in [-0.39, 0.29) is 17.7 Å². The molecule has 1 fully saturated rings. The average Bonchev–Trinajstić information content (AvgIpc) is 3.12. The lowest BCUT2D eigenvalue weighted by Crippen LogP contribution is -2.43. The number of hydrogen-bond donors (Lipinski definition) is 3. The zero-order valence-corrected chi connectivity index (χ0v) is 16.2. The molecule has 0 radical (unpaired) electrons. The molecule has 9 heteroatoms. The topological polar surface area (TPSA) is 96.9 Å². The van der Waals surface area contributed by atoms with E-state index < -0.39 is 5.82 Å². The van der Waals surface area contributed by atoms with E-state index in [0.717, 1.165) is 54.8 Å². The zero-order valence-electron chi connectivity index (χ0n) is 16.2. The van der Waals surface area contributed by atoms with Gasteiger partial charge in [0.1, 0.15) is 0 Å². The standard InChI is InChI=1S/C21H21FN8/c22-16-13-25-21(30-18-4-2-1-3-17(18)27-20(30)23)28-19(16)26-14-5-7-15(8-6-14)29-11-9-24-10-12-29/h1-8,13,24H,9-12H2,(H2,23,27)(H,25,26,28). The van der Waals surface area contributed by atoms with Crippen molar-refractivity contribution in [1.29, 1.82) is 0 Å². The lowest BCUT2D eigenvalue weighted by molar-refractivity contribution is 0.589. The van der Waals surface area contributed by atoms with Crippen molar-refractivity contribution < 1.29 is 4.39 Å². The van der Waals surface area contributed by atoms with Crippen LogP contribution in [0.2, 0.25) is 0 Å². The first-order chi connectivity index (χ1) is 14.7. The number of nitrogen functional groups attached to an aromatic ring is 1. The van der Waals surface area contributed by atoms with Crippen LogP contribution >= 0.6 is 0 Å². The molecule has 4 aromatic rings. The SMILES string of the molecule is Nc1nc2ccccc2n1-c1ncc(F)c(Nc2ccc(N3CCNCC3)cc2)n1. The highest BCUT2D eigenvalue weighted by molar-refractivity contribution is 5.80. The van der Waals surface area contributed by atoms with Crippen molar-refractivity contribution in [1.82, 2.24) is 24.8 Å². The molecular weight excluding hydrogens is 383 g/mol. The molecule has 0 unspecified atom stereocenters. The number of hydrogen-bond acceptors (Lipinski definition) is 7. The second-order valence-electron chi connectivity index (χ2n) is 7.07. The summed E-state index contributed by atoms with van der Waals surface area (Å²) in [5, 5.41) is 6.38. The first kappa shape index (κ1) is 18.3. The molecule has 0 bridgehead atoms. The van der Waals surface area contributed by atoms with Crippen molar-refractivity contribution in [2.45, 2.75) is 0 Å². The summed E-state index contributed by atoms with van der Waals surface area (Å²) in [6, 6.07) is 15.4. The summed E-state index contributed by atoms with van der Waals surface area (Å²) in [6.07, 6.45) is 1.13. The Balaban J connectivity index is 1.43. The van der Waals surface area contributed by atoms with E-state index in [4.69, 9.17) is 5.73 Å². The van der Waals surface area contributed by atoms with Gasteiger partial charge in [-0.1, -0.05) is 12.1 Å². The van der Waals surface area contributed by atoms with Crippen LogP contribution < -0.4 is 21.3 Å². The van der Waals surface area contributed by atoms with E-state index in [1.165, 1.54) is 0 Å².